The zero-order valence-corrected chi connectivity index (χ0v) is 15.1. The van der Waals surface area contributed by atoms with Gasteiger partial charge in [0, 0.05) is 30.3 Å². The average Bonchev–Trinajstić information content (AvgIpc) is 3.11. The fraction of sp³-hybridized carbons (Fsp3) is 0.474. The average molecular weight is 363 g/mol. The standard InChI is InChI=1S/C19H23ClN2O3/c1-2-22-17(9-10-21-22)14-6-4-3-5-13(14)12-25-18-8-7-16(20)19(24)15(18)11-23/h7-11,13-14,24H,2-6,12H2,1H3. The van der Waals surface area contributed by atoms with Crippen molar-refractivity contribution < 1.29 is 14.6 Å². The SMILES string of the molecule is CCn1nccc1C1CCCCC1COc1ccc(Cl)c(O)c1C=O. The highest BCUT2D eigenvalue weighted by Gasteiger charge is 2.29. The highest BCUT2D eigenvalue weighted by molar-refractivity contribution is 6.32. The quantitative estimate of drug-likeness (QED) is 0.772. The molecule has 1 aliphatic carbocycles. The van der Waals surface area contributed by atoms with E-state index in [1.807, 2.05) is 10.9 Å². The molecule has 0 aliphatic heterocycles. The van der Waals surface area contributed by atoms with E-state index in [2.05, 4.69) is 18.1 Å². The fourth-order valence-electron chi connectivity index (χ4n) is 3.72. The van der Waals surface area contributed by atoms with Crippen LogP contribution >= 0.6 is 11.6 Å². The van der Waals surface area contributed by atoms with Crippen LogP contribution in [-0.2, 0) is 6.54 Å². The lowest BCUT2D eigenvalue weighted by Gasteiger charge is -2.32. The van der Waals surface area contributed by atoms with Gasteiger partial charge in [0.15, 0.2) is 6.29 Å². The number of benzene rings is 1. The van der Waals surface area contributed by atoms with Crippen LogP contribution in [-0.4, -0.2) is 27.8 Å². The molecule has 0 radical (unpaired) electrons. The summed E-state index contributed by atoms with van der Waals surface area (Å²) in [7, 11) is 0. The summed E-state index contributed by atoms with van der Waals surface area (Å²) in [5.74, 6) is 0.911. The lowest BCUT2D eigenvalue weighted by atomic mass is 9.78. The monoisotopic (exact) mass is 362 g/mol. The van der Waals surface area contributed by atoms with Crippen molar-refractivity contribution in [2.45, 2.75) is 45.1 Å². The molecule has 2 unspecified atom stereocenters. The van der Waals surface area contributed by atoms with E-state index in [0.29, 0.717) is 30.5 Å². The Morgan fingerprint density at radius 2 is 2.16 bits per heavy atom. The van der Waals surface area contributed by atoms with Crippen molar-refractivity contribution in [3.05, 3.63) is 40.7 Å². The molecular weight excluding hydrogens is 340 g/mol. The number of carbonyl (C=O) groups excluding carboxylic acids is 1. The number of nitrogens with zero attached hydrogens (tertiary/aromatic N) is 2. The highest BCUT2D eigenvalue weighted by Crippen LogP contribution is 2.39. The molecule has 1 aliphatic rings. The Morgan fingerprint density at radius 1 is 1.36 bits per heavy atom. The Kier molecular flexibility index (Phi) is 5.63. The molecule has 134 valence electrons. The number of aldehydes is 1. The van der Waals surface area contributed by atoms with E-state index in [1.54, 1.807) is 12.1 Å². The van der Waals surface area contributed by atoms with Crippen LogP contribution in [0, 0.1) is 5.92 Å². The number of phenols is 1. The number of aromatic nitrogens is 2. The molecule has 1 aromatic carbocycles. The van der Waals surface area contributed by atoms with Gasteiger partial charge in [0.25, 0.3) is 0 Å². The molecule has 1 aromatic heterocycles. The van der Waals surface area contributed by atoms with Crippen LogP contribution in [0.3, 0.4) is 0 Å². The van der Waals surface area contributed by atoms with E-state index in [0.717, 1.165) is 19.4 Å². The Hall–Kier alpha value is -2.01. The van der Waals surface area contributed by atoms with E-state index >= 15 is 0 Å². The molecule has 6 heteroatoms. The van der Waals surface area contributed by atoms with Crippen molar-refractivity contribution in [3.63, 3.8) is 0 Å². The van der Waals surface area contributed by atoms with Gasteiger partial charge in [-0.15, -0.1) is 0 Å². The number of halogens is 1. The summed E-state index contributed by atoms with van der Waals surface area (Å²) in [4.78, 5) is 11.3. The number of aromatic hydroxyl groups is 1. The van der Waals surface area contributed by atoms with Crippen LogP contribution in [0.25, 0.3) is 0 Å². The number of aryl methyl sites for hydroxylation is 1. The van der Waals surface area contributed by atoms with Gasteiger partial charge in [-0.05, 0) is 38.0 Å². The van der Waals surface area contributed by atoms with E-state index in [9.17, 15) is 9.90 Å². The van der Waals surface area contributed by atoms with Crippen LogP contribution in [0.4, 0.5) is 0 Å². The third kappa shape index (κ3) is 3.66. The van der Waals surface area contributed by atoms with Crippen molar-refractivity contribution in [3.8, 4) is 11.5 Å². The molecule has 0 saturated heterocycles. The van der Waals surface area contributed by atoms with Gasteiger partial charge < -0.3 is 9.84 Å². The number of ether oxygens (including phenoxy) is 1. The van der Waals surface area contributed by atoms with Gasteiger partial charge in [0.2, 0.25) is 0 Å². The second-order valence-electron chi connectivity index (χ2n) is 6.46. The maximum Gasteiger partial charge on any atom is 0.157 e. The van der Waals surface area contributed by atoms with E-state index in [1.165, 1.54) is 18.5 Å². The Bertz CT molecular complexity index is 744. The summed E-state index contributed by atoms with van der Waals surface area (Å²) in [6.07, 6.45) is 7.02. The van der Waals surface area contributed by atoms with Crippen LogP contribution in [0.2, 0.25) is 5.02 Å². The smallest absolute Gasteiger partial charge is 0.157 e. The second-order valence-corrected chi connectivity index (χ2v) is 6.87. The van der Waals surface area contributed by atoms with Crippen molar-refractivity contribution in [1.29, 1.82) is 0 Å². The zero-order valence-electron chi connectivity index (χ0n) is 14.3. The van der Waals surface area contributed by atoms with Crippen LogP contribution in [0.15, 0.2) is 24.4 Å². The van der Waals surface area contributed by atoms with Gasteiger partial charge in [-0.3, -0.25) is 9.48 Å². The largest absolute Gasteiger partial charge is 0.505 e. The minimum Gasteiger partial charge on any atom is -0.505 e. The molecule has 3 rings (SSSR count). The van der Waals surface area contributed by atoms with Crippen molar-refractivity contribution in [2.75, 3.05) is 6.61 Å². The molecular formula is C19H23ClN2O3. The lowest BCUT2D eigenvalue weighted by Crippen LogP contribution is -2.26. The van der Waals surface area contributed by atoms with Gasteiger partial charge in [0.1, 0.15) is 11.5 Å². The second kappa shape index (κ2) is 7.91. The lowest BCUT2D eigenvalue weighted by molar-refractivity contribution is 0.111. The molecule has 1 heterocycles. The maximum atomic E-state index is 11.3. The van der Waals surface area contributed by atoms with Crippen molar-refractivity contribution >= 4 is 17.9 Å². The van der Waals surface area contributed by atoms with Crippen LogP contribution < -0.4 is 4.74 Å². The molecule has 0 spiro atoms. The predicted octanol–water partition coefficient (Wildman–Crippen LogP) is 4.43. The number of phenolic OH excluding ortho intramolecular Hbond substituents is 1. The van der Waals surface area contributed by atoms with Gasteiger partial charge in [-0.2, -0.15) is 5.10 Å². The zero-order chi connectivity index (χ0) is 17.8. The first kappa shape index (κ1) is 17.8. The van der Waals surface area contributed by atoms with Crippen molar-refractivity contribution in [1.82, 2.24) is 9.78 Å². The molecule has 1 N–H and O–H groups in total. The molecule has 0 bridgehead atoms. The fourth-order valence-corrected chi connectivity index (χ4v) is 3.88. The van der Waals surface area contributed by atoms with Gasteiger partial charge in [-0.25, -0.2) is 0 Å². The minimum absolute atomic E-state index is 0.110. The summed E-state index contributed by atoms with van der Waals surface area (Å²) in [6.45, 7) is 3.45. The number of carbonyl (C=O) groups is 1. The number of hydrogen-bond donors (Lipinski definition) is 1. The van der Waals surface area contributed by atoms with E-state index in [-0.39, 0.29) is 16.3 Å². The highest BCUT2D eigenvalue weighted by atomic mass is 35.5. The molecule has 2 atom stereocenters. The van der Waals surface area contributed by atoms with E-state index < -0.39 is 0 Å². The summed E-state index contributed by atoms with van der Waals surface area (Å²) < 4.78 is 7.98. The molecule has 1 saturated carbocycles. The van der Waals surface area contributed by atoms with Crippen molar-refractivity contribution in [2.24, 2.45) is 5.92 Å². The normalized spacial score (nSPS) is 20.4. The Labute approximate surface area is 152 Å². The Morgan fingerprint density at radius 3 is 2.92 bits per heavy atom. The molecule has 1 fully saturated rings. The predicted molar refractivity (Wildman–Crippen MR) is 96.6 cm³/mol. The van der Waals surface area contributed by atoms with Gasteiger partial charge in [0.05, 0.1) is 17.2 Å². The molecule has 25 heavy (non-hydrogen) atoms. The first-order valence-corrected chi connectivity index (χ1v) is 9.14. The molecule has 0 amide bonds. The summed E-state index contributed by atoms with van der Waals surface area (Å²) in [6, 6.07) is 5.28. The minimum atomic E-state index is -0.224. The number of rotatable bonds is 6. The van der Waals surface area contributed by atoms with Gasteiger partial charge in [-0.1, -0.05) is 24.4 Å². The van der Waals surface area contributed by atoms with Crippen LogP contribution in [0.1, 0.15) is 54.6 Å². The topological polar surface area (TPSA) is 64.3 Å². The van der Waals surface area contributed by atoms with Gasteiger partial charge >= 0.3 is 0 Å². The summed E-state index contributed by atoms with van der Waals surface area (Å²) in [5, 5.41) is 14.5. The number of hydrogen-bond acceptors (Lipinski definition) is 4. The first-order valence-electron chi connectivity index (χ1n) is 8.76. The maximum absolute atomic E-state index is 11.3. The first-order chi connectivity index (χ1) is 12.2. The van der Waals surface area contributed by atoms with Crippen LogP contribution in [0.5, 0.6) is 11.5 Å². The molecule has 2 aromatic rings. The third-order valence-corrected chi connectivity index (χ3v) is 5.34. The third-order valence-electron chi connectivity index (χ3n) is 5.04. The Balaban J connectivity index is 1.77. The summed E-state index contributed by atoms with van der Waals surface area (Å²) >= 11 is 5.86. The van der Waals surface area contributed by atoms with E-state index in [4.69, 9.17) is 16.3 Å². The summed E-state index contributed by atoms with van der Waals surface area (Å²) in [5.41, 5.74) is 1.36. The molecule has 5 nitrogen and oxygen atoms in total.